The van der Waals surface area contributed by atoms with Gasteiger partial charge in [-0.1, -0.05) is 29.8 Å². The van der Waals surface area contributed by atoms with Gasteiger partial charge >= 0.3 is 0 Å². The van der Waals surface area contributed by atoms with E-state index in [0.717, 1.165) is 5.56 Å². The molecule has 2 amide bonds. The second-order valence-corrected chi connectivity index (χ2v) is 5.97. The molecule has 1 aromatic carbocycles. The van der Waals surface area contributed by atoms with E-state index in [9.17, 15) is 9.59 Å². The quantitative estimate of drug-likeness (QED) is 0.696. The monoisotopic (exact) mass is 372 g/mol. The van der Waals surface area contributed by atoms with Crippen LogP contribution in [0.2, 0.25) is 5.02 Å². The van der Waals surface area contributed by atoms with Gasteiger partial charge in [-0.15, -0.1) is 0 Å². The normalized spacial score (nSPS) is 10.5. The van der Waals surface area contributed by atoms with Gasteiger partial charge in [-0.2, -0.15) is 5.10 Å². The van der Waals surface area contributed by atoms with Gasteiger partial charge in [0, 0.05) is 24.7 Å². The van der Waals surface area contributed by atoms with Crippen LogP contribution in [0.4, 0.5) is 5.82 Å². The van der Waals surface area contributed by atoms with Crippen molar-refractivity contribution in [2.24, 2.45) is 7.05 Å². The molecule has 2 aromatic heterocycles. The zero-order valence-electron chi connectivity index (χ0n) is 14.0. The molecule has 2 N–H and O–H groups in total. The molecule has 2 heterocycles. The van der Waals surface area contributed by atoms with E-state index < -0.39 is 5.91 Å². The van der Waals surface area contributed by atoms with Gasteiger partial charge in [0.15, 0.2) is 11.5 Å². The number of halogens is 1. The maximum Gasteiger partial charge on any atom is 0.292 e. The fourth-order valence-electron chi connectivity index (χ4n) is 2.38. The Morgan fingerprint density at radius 3 is 2.73 bits per heavy atom. The minimum atomic E-state index is -0.413. The average molecular weight is 373 g/mol. The van der Waals surface area contributed by atoms with Crippen molar-refractivity contribution in [1.29, 1.82) is 0 Å². The van der Waals surface area contributed by atoms with Crippen molar-refractivity contribution >= 4 is 29.2 Å². The summed E-state index contributed by atoms with van der Waals surface area (Å²) in [6, 6.07) is 12.2. The second kappa shape index (κ2) is 7.88. The number of nitrogens with one attached hydrogen (secondary N) is 2. The summed E-state index contributed by atoms with van der Waals surface area (Å²) in [4.78, 5) is 24.3. The maximum absolute atomic E-state index is 12.2. The molecule has 0 fully saturated rings. The summed E-state index contributed by atoms with van der Waals surface area (Å²) in [5.41, 5.74) is 1.17. The van der Waals surface area contributed by atoms with Crippen molar-refractivity contribution in [2.75, 3.05) is 11.9 Å². The van der Waals surface area contributed by atoms with Crippen LogP contribution in [-0.2, 0) is 13.5 Å². The molecule has 3 aromatic rings. The van der Waals surface area contributed by atoms with E-state index in [-0.39, 0.29) is 17.4 Å². The summed E-state index contributed by atoms with van der Waals surface area (Å²) in [7, 11) is 1.64. The number of hydrogen-bond acceptors (Lipinski definition) is 4. The molecule has 0 saturated carbocycles. The fraction of sp³-hybridized carbons (Fsp3) is 0.167. The lowest BCUT2D eigenvalue weighted by Gasteiger charge is -2.05. The van der Waals surface area contributed by atoms with Crippen molar-refractivity contribution in [2.45, 2.75) is 6.42 Å². The molecule has 0 spiro atoms. The molecule has 3 rings (SSSR count). The molecule has 0 aliphatic carbocycles. The first-order valence-corrected chi connectivity index (χ1v) is 8.33. The number of benzene rings is 1. The van der Waals surface area contributed by atoms with Gasteiger partial charge < -0.3 is 15.1 Å². The molecule has 134 valence electrons. The van der Waals surface area contributed by atoms with Crippen LogP contribution in [0.3, 0.4) is 0 Å². The largest absolute Gasteiger partial charge is 0.459 e. The van der Waals surface area contributed by atoms with E-state index >= 15 is 0 Å². The maximum atomic E-state index is 12.2. The van der Waals surface area contributed by atoms with Crippen molar-refractivity contribution in [3.8, 4) is 0 Å². The lowest BCUT2D eigenvalue weighted by Crippen LogP contribution is -2.26. The van der Waals surface area contributed by atoms with Crippen molar-refractivity contribution < 1.29 is 14.0 Å². The van der Waals surface area contributed by atoms with Crippen molar-refractivity contribution in [3.05, 3.63) is 70.8 Å². The predicted molar refractivity (Wildman–Crippen MR) is 97.4 cm³/mol. The van der Waals surface area contributed by atoms with Gasteiger partial charge in [-0.05, 0) is 30.2 Å². The SMILES string of the molecule is Cn1nc(C(=O)NCCc2ccccc2Cl)cc1NC(=O)c1ccco1. The Morgan fingerprint density at radius 1 is 1.19 bits per heavy atom. The molecule has 26 heavy (non-hydrogen) atoms. The highest BCUT2D eigenvalue weighted by Gasteiger charge is 2.16. The first kappa shape index (κ1) is 17.8. The lowest BCUT2D eigenvalue weighted by molar-refractivity contribution is 0.0947. The summed E-state index contributed by atoms with van der Waals surface area (Å²) in [5, 5.41) is 10.2. The van der Waals surface area contributed by atoms with E-state index in [1.54, 1.807) is 19.2 Å². The van der Waals surface area contributed by atoms with Crippen molar-refractivity contribution in [1.82, 2.24) is 15.1 Å². The van der Waals surface area contributed by atoms with Crippen LogP contribution < -0.4 is 10.6 Å². The molecule has 0 unspecified atom stereocenters. The van der Waals surface area contributed by atoms with Gasteiger partial charge in [-0.25, -0.2) is 0 Å². The first-order valence-electron chi connectivity index (χ1n) is 7.95. The Balaban J connectivity index is 1.58. The molecule has 7 nitrogen and oxygen atoms in total. The van der Waals surface area contributed by atoms with E-state index in [0.29, 0.717) is 23.8 Å². The van der Waals surface area contributed by atoms with Crippen molar-refractivity contribution in [3.63, 3.8) is 0 Å². The van der Waals surface area contributed by atoms with Gasteiger partial charge in [0.2, 0.25) is 0 Å². The molecular formula is C18H17ClN4O3. The van der Waals surface area contributed by atoms with Gasteiger partial charge in [0.25, 0.3) is 11.8 Å². The minimum absolute atomic E-state index is 0.178. The van der Waals surface area contributed by atoms with E-state index in [1.165, 1.54) is 17.0 Å². The second-order valence-electron chi connectivity index (χ2n) is 5.57. The smallest absolute Gasteiger partial charge is 0.292 e. The molecule has 0 atom stereocenters. The van der Waals surface area contributed by atoms with Crippen LogP contribution in [0.1, 0.15) is 26.6 Å². The molecule has 0 radical (unpaired) electrons. The summed E-state index contributed by atoms with van der Waals surface area (Å²) < 4.78 is 6.46. The van der Waals surface area contributed by atoms with Crippen LogP contribution in [0.25, 0.3) is 0 Å². The zero-order valence-corrected chi connectivity index (χ0v) is 14.8. The number of rotatable bonds is 6. The molecule has 8 heteroatoms. The summed E-state index contributed by atoms with van der Waals surface area (Å²) >= 11 is 6.10. The fourth-order valence-corrected chi connectivity index (χ4v) is 2.61. The van der Waals surface area contributed by atoms with Crippen LogP contribution in [0.15, 0.2) is 53.1 Å². The predicted octanol–water partition coefficient (Wildman–Crippen LogP) is 2.89. The third kappa shape index (κ3) is 4.12. The minimum Gasteiger partial charge on any atom is -0.459 e. The molecule has 0 aliphatic heterocycles. The van der Waals surface area contributed by atoms with Crippen LogP contribution in [0, 0.1) is 0 Å². The topological polar surface area (TPSA) is 89.2 Å². The van der Waals surface area contributed by atoms with Crippen LogP contribution >= 0.6 is 11.6 Å². The number of furan rings is 1. The van der Waals surface area contributed by atoms with Crippen LogP contribution in [-0.4, -0.2) is 28.1 Å². The summed E-state index contributed by atoms with van der Waals surface area (Å²) in [6.07, 6.45) is 2.02. The lowest BCUT2D eigenvalue weighted by atomic mass is 10.1. The molecule has 0 aliphatic rings. The van der Waals surface area contributed by atoms with Gasteiger partial charge in [0.1, 0.15) is 5.82 Å². The van der Waals surface area contributed by atoms with Crippen LogP contribution in [0.5, 0.6) is 0 Å². The highest BCUT2D eigenvalue weighted by Crippen LogP contribution is 2.15. The Morgan fingerprint density at radius 2 is 2.00 bits per heavy atom. The Hall–Kier alpha value is -3.06. The van der Waals surface area contributed by atoms with Gasteiger partial charge in [-0.3, -0.25) is 14.3 Å². The number of amides is 2. The number of carbonyl (C=O) groups is 2. The third-order valence-electron chi connectivity index (χ3n) is 3.74. The third-order valence-corrected chi connectivity index (χ3v) is 4.11. The molecular weight excluding hydrogens is 356 g/mol. The molecule has 0 bridgehead atoms. The number of carbonyl (C=O) groups excluding carboxylic acids is 2. The number of aryl methyl sites for hydroxylation is 1. The summed E-state index contributed by atoms with van der Waals surface area (Å²) in [5.74, 6) is -0.172. The number of anilines is 1. The Bertz CT molecular complexity index is 918. The first-order chi connectivity index (χ1) is 12.5. The number of hydrogen-bond donors (Lipinski definition) is 2. The zero-order chi connectivity index (χ0) is 18.5. The Kier molecular flexibility index (Phi) is 5.38. The number of nitrogens with zero attached hydrogens (tertiary/aromatic N) is 2. The summed E-state index contributed by atoms with van der Waals surface area (Å²) in [6.45, 7) is 0.424. The number of aromatic nitrogens is 2. The molecule has 0 saturated heterocycles. The average Bonchev–Trinajstić information content (AvgIpc) is 3.27. The van der Waals surface area contributed by atoms with Gasteiger partial charge in [0.05, 0.1) is 6.26 Å². The standard InChI is InChI=1S/C18H17ClN4O3/c1-23-16(21-18(25)15-7-4-10-26-15)11-14(22-23)17(24)20-9-8-12-5-2-3-6-13(12)19/h2-7,10-11H,8-9H2,1H3,(H,20,24)(H,21,25). The highest BCUT2D eigenvalue weighted by atomic mass is 35.5. The van der Waals surface area contributed by atoms with E-state index in [2.05, 4.69) is 15.7 Å². The Labute approximate surface area is 154 Å². The highest BCUT2D eigenvalue weighted by molar-refractivity contribution is 6.31. The van der Waals surface area contributed by atoms with E-state index in [4.69, 9.17) is 16.0 Å². The van der Waals surface area contributed by atoms with E-state index in [1.807, 2.05) is 24.3 Å².